The molecule has 0 nitrogen and oxygen atoms in total. The van der Waals surface area contributed by atoms with E-state index in [0.29, 0.717) is 5.92 Å². The summed E-state index contributed by atoms with van der Waals surface area (Å²) in [6.45, 7) is 8.67. The average molecular weight is 206 g/mol. The van der Waals surface area contributed by atoms with E-state index in [1.54, 1.807) is 0 Å². The first-order valence-corrected chi connectivity index (χ1v) is 6.33. The smallest absolute Gasteiger partial charge is 0.0205 e. The third-order valence-electron chi connectivity index (χ3n) is 2.93. The van der Waals surface area contributed by atoms with Crippen molar-refractivity contribution in [3.05, 3.63) is 12.2 Å². The topological polar surface area (TPSA) is 0 Å². The maximum Gasteiger partial charge on any atom is 0.0205 e. The van der Waals surface area contributed by atoms with Crippen LogP contribution in [0.15, 0.2) is 12.2 Å². The molecule has 0 saturated heterocycles. The highest BCUT2D eigenvalue weighted by molar-refractivity contribution is 5.02. The summed E-state index contributed by atoms with van der Waals surface area (Å²) in [7, 11) is 0. The Morgan fingerprint density at radius 3 is 2.47 bits per heavy atom. The van der Waals surface area contributed by atoms with Crippen LogP contribution in [0.4, 0.5) is 0 Å². The summed E-state index contributed by atoms with van der Waals surface area (Å²) < 4.78 is 0. The standard InChI is InChI=1S/C15H26/c1-5-8-9-10-11-13-15(7-3)14(4)12-6-2/h10-11,14-15H,5,7-9,13H2,1-4H3. The first-order chi connectivity index (χ1) is 7.26. The zero-order valence-electron chi connectivity index (χ0n) is 10.8. The Bertz CT molecular complexity index is 214. The first-order valence-electron chi connectivity index (χ1n) is 6.33. The maximum atomic E-state index is 3.26. The van der Waals surface area contributed by atoms with Crippen molar-refractivity contribution in [2.24, 2.45) is 11.8 Å². The third kappa shape index (κ3) is 7.25. The lowest BCUT2D eigenvalue weighted by Crippen LogP contribution is -2.07. The van der Waals surface area contributed by atoms with Crippen LogP contribution >= 0.6 is 0 Å². The molecule has 0 fully saturated rings. The molecule has 0 aromatic carbocycles. The molecule has 0 saturated carbocycles. The molecule has 0 aliphatic heterocycles. The van der Waals surface area contributed by atoms with E-state index >= 15 is 0 Å². The molecule has 0 heteroatoms. The van der Waals surface area contributed by atoms with Gasteiger partial charge in [0.05, 0.1) is 0 Å². The van der Waals surface area contributed by atoms with Gasteiger partial charge >= 0.3 is 0 Å². The van der Waals surface area contributed by atoms with Crippen LogP contribution in [-0.4, -0.2) is 0 Å². The van der Waals surface area contributed by atoms with Gasteiger partial charge in [-0.15, -0.1) is 11.8 Å². The van der Waals surface area contributed by atoms with Gasteiger partial charge in [-0.3, -0.25) is 0 Å². The van der Waals surface area contributed by atoms with Crippen molar-refractivity contribution in [1.82, 2.24) is 0 Å². The summed E-state index contributed by atoms with van der Waals surface area (Å²) in [6.07, 6.45) is 10.9. The van der Waals surface area contributed by atoms with Gasteiger partial charge in [0, 0.05) is 5.92 Å². The van der Waals surface area contributed by atoms with Crippen LogP contribution in [0, 0.1) is 23.7 Å². The minimum absolute atomic E-state index is 0.538. The fourth-order valence-corrected chi connectivity index (χ4v) is 1.78. The molecule has 2 atom stereocenters. The van der Waals surface area contributed by atoms with Gasteiger partial charge in [-0.25, -0.2) is 0 Å². The van der Waals surface area contributed by atoms with Crippen molar-refractivity contribution in [3.63, 3.8) is 0 Å². The van der Waals surface area contributed by atoms with E-state index in [1.165, 1.54) is 32.1 Å². The Kier molecular flexibility index (Phi) is 9.38. The average Bonchev–Trinajstić information content (AvgIpc) is 2.23. The molecule has 0 radical (unpaired) electrons. The van der Waals surface area contributed by atoms with Gasteiger partial charge in [-0.05, 0) is 25.7 Å². The molecule has 86 valence electrons. The predicted molar refractivity (Wildman–Crippen MR) is 69.7 cm³/mol. The molecular weight excluding hydrogens is 180 g/mol. The number of hydrogen-bond acceptors (Lipinski definition) is 0. The lowest BCUT2D eigenvalue weighted by Gasteiger charge is -2.15. The maximum absolute atomic E-state index is 3.26. The highest BCUT2D eigenvalue weighted by atomic mass is 14.1. The molecule has 15 heavy (non-hydrogen) atoms. The molecule has 0 spiro atoms. The molecule has 0 N–H and O–H groups in total. The van der Waals surface area contributed by atoms with Crippen molar-refractivity contribution in [2.75, 3.05) is 0 Å². The van der Waals surface area contributed by atoms with Gasteiger partial charge in [0.25, 0.3) is 0 Å². The monoisotopic (exact) mass is 206 g/mol. The van der Waals surface area contributed by atoms with Crippen LogP contribution in [0.25, 0.3) is 0 Å². The number of allylic oxidation sites excluding steroid dienone is 2. The second-order valence-electron chi connectivity index (χ2n) is 4.20. The second kappa shape index (κ2) is 9.84. The Hall–Kier alpha value is -0.700. The summed E-state index contributed by atoms with van der Waals surface area (Å²) >= 11 is 0. The minimum Gasteiger partial charge on any atom is -0.106 e. The fourth-order valence-electron chi connectivity index (χ4n) is 1.78. The Morgan fingerprint density at radius 2 is 1.93 bits per heavy atom. The van der Waals surface area contributed by atoms with Gasteiger partial charge in [0.1, 0.15) is 0 Å². The SMILES string of the molecule is CC#CC(C)C(CC)CC=CCCCC. The quantitative estimate of drug-likeness (QED) is 0.318. The Labute approximate surface area is 96.2 Å². The molecule has 0 bridgehead atoms. The van der Waals surface area contributed by atoms with Gasteiger partial charge in [-0.2, -0.15) is 0 Å². The van der Waals surface area contributed by atoms with Crippen LogP contribution in [0.2, 0.25) is 0 Å². The molecule has 0 aromatic heterocycles. The van der Waals surface area contributed by atoms with Gasteiger partial charge in [-0.1, -0.05) is 52.2 Å². The number of rotatable bonds is 7. The number of unbranched alkanes of at least 4 members (excludes halogenated alkanes) is 2. The van der Waals surface area contributed by atoms with E-state index < -0.39 is 0 Å². The van der Waals surface area contributed by atoms with Crippen molar-refractivity contribution in [2.45, 2.75) is 59.8 Å². The van der Waals surface area contributed by atoms with Crippen LogP contribution in [0.5, 0.6) is 0 Å². The predicted octanol–water partition coefficient (Wildman–Crippen LogP) is 4.81. The van der Waals surface area contributed by atoms with E-state index in [-0.39, 0.29) is 0 Å². The minimum atomic E-state index is 0.538. The molecule has 0 amide bonds. The van der Waals surface area contributed by atoms with Crippen molar-refractivity contribution < 1.29 is 0 Å². The lowest BCUT2D eigenvalue weighted by atomic mass is 9.89. The van der Waals surface area contributed by atoms with E-state index in [9.17, 15) is 0 Å². The van der Waals surface area contributed by atoms with Crippen LogP contribution in [0.3, 0.4) is 0 Å². The zero-order valence-corrected chi connectivity index (χ0v) is 10.8. The van der Waals surface area contributed by atoms with E-state index in [2.05, 4.69) is 44.8 Å². The molecular formula is C15H26. The first kappa shape index (κ1) is 14.3. The Morgan fingerprint density at radius 1 is 1.20 bits per heavy atom. The molecule has 0 aliphatic carbocycles. The molecule has 0 aliphatic rings. The van der Waals surface area contributed by atoms with Crippen molar-refractivity contribution in [3.8, 4) is 11.8 Å². The highest BCUT2D eigenvalue weighted by Crippen LogP contribution is 2.19. The van der Waals surface area contributed by atoms with E-state index in [0.717, 1.165) is 5.92 Å². The third-order valence-corrected chi connectivity index (χ3v) is 2.93. The summed E-state index contributed by atoms with van der Waals surface area (Å²) in [5, 5.41) is 0. The Balaban J connectivity index is 3.87. The zero-order chi connectivity index (χ0) is 11.5. The summed E-state index contributed by atoms with van der Waals surface area (Å²) in [6, 6.07) is 0. The molecule has 0 rings (SSSR count). The number of hydrogen-bond donors (Lipinski definition) is 0. The van der Waals surface area contributed by atoms with Gasteiger partial charge in [0.2, 0.25) is 0 Å². The van der Waals surface area contributed by atoms with Crippen molar-refractivity contribution in [1.29, 1.82) is 0 Å². The molecule has 0 heterocycles. The lowest BCUT2D eigenvalue weighted by molar-refractivity contribution is 0.422. The molecule has 0 aromatic rings. The summed E-state index contributed by atoms with van der Waals surface area (Å²) in [5.41, 5.74) is 0. The van der Waals surface area contributed by atoms with E-state index in [4.69, 9.17) is 0 Å². The molecule has 2 unspecified atom stereocenters. The summed E-state index contributed by atoms with van der Waals surface area (Å²) in [5.74, 6) is 7.55. The fraction of sp³-hybridized carbons (Fsp3) is 0.733. The van der Waals surface area contributed by atoms with Crippen LogP contribution in [-0.2, 0) is 0 Å². The summed E-state index contributed by atoms with van der Waals surface area (Å²) in [4.78, 5) is 0. The van der Waals surface area contributed by atoms with Crippen molar-refractivity contribution >= 4 is 0 Å². The normalized spacial score (nSPS) is 14.7. The second-order valence-corrected chi connectivity index (χ2v) is 4.20. The van der Waals surface area contributed by atoms with Crippen LogP contribution in [0.1, 0.15) is 59.8 Å². The largest absolute Gasteiger partial charge is 0.106 e. The van der Waals surface area contributed by atoms with E-state index in [1.807, 2.05) is 6.92 Å². The van der Waals surface area contributed by atoms with Gasteiger partial charge in [0.15, 0.2) is 0 Å². The van der Waals surface area contributed by atoms with Crippen LogP contribution < -0.4 is 0 Å². The van der Waals surface area contributed by atoms with Gasteiger partial charge < -0.3 is 0 Å². The highest BCUT2D eigenvalue weighted by Gasteiger charge is 2.10.